The fourth-order valence-electron chi connectivity index (χ4n) is 2.73. The first kappa shape index (κ1) is 15.0. The molecule has 1 rings (SSSR count). The van der Waals surface area contributed by atoms with Gasteiger partial charge in [0.05, 0.1) is 0 Å². The number of nitrogens with one attached hydrogen (secondary N) is 1. The molecule has 2 nitrogen and oxygen atoms in total. The average molecular weight is 240 g/mol. The van der Waals surface area contributed by atoms with Crippen LogP contribution in [0.4, 0.5) is 0 Å². The molecule has 1 fully saturated rings. The third-order valence-corrected chi connectivity index (χ3v) is 4.06. The summed E-state index contributed by atoms with van der Waals surface area (Å²) < 4.78 is 0. The maximum absolute atomic E-state index is 3.75. The molecule has 0 aromatic rings. The van der Waals surface area contributed by atoms with E-state index in [9.17, 15) is 0 Å². The number of rotatable bonds is 6. The maximum Gasteiger partial charge on any atom is 0.0198 e. The van der Waals surface area contributed by atoms with Crippen LogP contribution in [0, 0.1) is 11.8 Å². The second kappa shape index (κ2) is 7.38. The molecule has 1 heterocycles. The lowest BCUT2D eigenvalue weighted by Gasteiger charge is -2.40. The van der Waals surface area contributed by atoms with Crippen LogP contribution in [0.5, 0.6) is 0 Å². The van der Waals surface area contributed by atoms with Crippen LogP contribution in [0.15, 0.2) is 0 Å². The molecule has 102 valence electrons. The van der Waals surface area contributed by atoms with Gasteiger partial charge in [0.25, 0.3) is 0 Å². The highest BCUT2D eigenvalue weighted by Gasteiger charge is 2.26. The van der Waals surface area contributed by atoms with E-state index in [2.05, 4.69) is 44.8 Å². The Kier molecular flexibility index (Phi) is 6.50. The van der Waals surface area contributed by atoms with Gasteiger partial charge in [-0.15, -0.1) is 0 Å². The van der Waals surface area contributed by atoms with Crippen LogP contribution in [0.3, 0.4) is 0 Å². The van der Waals surface area contributed by atoms with Crippen molar-refractivity contribution >= 4 is 0 Å². The Bertz CT molecular complexity index is 203. The summed E-state index contributed by atoms with van der Waals surface area (Å²) in [7, 11) is 0. The van der Waals surface area contributed by atoms with E-state index in [1.54, 1.807) is 0 Å². The predicted octanol–water partition coefficient (Wildman–Crippen LogP) is 3.13. The van der Waals surface area contributed by atoms with Crippen LogP contribution in [-0.2, 0) is 0 Å². The van der Waals surface area contributed by atoms with E-state index in [-0.39, 0.29) is 0 Å². The Balaban J connectivity index is 2.34. The zero-order valence-electron chi connectivity index (χ0n) is 12.5. The van der Waals surface area contributed by atoms with Crippen molar-refractivity contribution in [3.05, 3.63) is 0 Å². The van der Waals surface area contributed by atoms with Gasteiger partial charge in [0.2, 0.25) is 0 Å². The summed E-state index contributed by atoms with van der Waals surface area (Å²) in [4.78, 5) is 2.67. The minimum Gasteiger partial charge on any atom is -0.313 e. The Labute approximate surface area is 108 Å². The van der Waals surface area contributed by atoms with E-state index in [1.807, 2.05) is 0 Å². The number of hydrogen-bond donors (Lipinski definition) is 1. The molecular weight excluding hydrogens is 208 g/mol. The minimum absolute atomic E-state index is 0.714. The van der Waals surface area contributed by atoms with Gasteiger partial charge in [-0.3, -0.25) is 4.90 Å². The second-order valence-electron chi connectivity index (χ2n) is 6.39. The van der Waals surface area contributed by atoms with Crippen molar-refractivity contribution < 1.29 is 0 Å². The van der Waals surface area contributed by atoms with E-state index >= 15 is 0 Å². The quantitative estimate of drug-likeness (QED) is 0.767. The molecule has 1 aliphatic heterocycles. The minimum atomic E-state index is 0.714. The molecule has 0 amide bonds. The zero-order chi connectivity index (χ0) is 12.8. The Morgan fingerprint density at radius 3 is 2.53 bits per heavy atom. The summed E-state index contributed by atoms with van der Waals surface area (Å²) in [5.41, 5.74) is 0. The van der Waals surface area contributed by atoms with Gasteiger partial charge < -0.3 is 5.32 Å². The van der Waals surface area contributed by atoms with Gasteiger partial charge in [0.15, 0.2) is 0 Å². The molecule has 17 heavy (non-hydrogen) atoms. The Morgan fingerprint density at radius 1 is 1.24 bits per heavy atom. The van der Waals surface area contributed by atoms with Crippen LogP contribution in [-0.4, -0.2) is 36.6 Å². The Hall–Kier alpha value is -0.0800. The lowest BCUT2D eigenvalue weighted by Crippen LogP contribution is -2.51. The summed E-state index contributed by atoms with van der Waals surface area (Å²) in [5, 5.41) is 3.75. The molecular formula is C15H32N2. The molecule has 2 heteroatoms. The molecule has 0 radical (unpaired) electrons. The summed E-state index contributed by atoms with van der Waals surface area (Å²) in [6.45, 7) is 15.4. The SMILES string of the molecule is CCC(C)N1CC(C)CC(NCCC(C)C)C1. The van der Waals surface area contributed by atoms with Crippen molar-refractivity contribution in [1.82, 2.24) is 10.2 Å². The molecule has 3 atom stereocenters. The fourth-order valence-corrected chi connectivity index (χ4v) is 2.73. The smallest absolute Gasteiger partial charge is 0.0198 e. The highest BCUT2D eigenvalue weighted by Crippen LogP contribution is 2.19. The van der Waals surface area contributed by atoms with Crippen molar-refractivity contribution in [2.24, 2.45) is 11.8 Å². The van der Waals surface area contributed by atoms with Crippen LogP contribution in [0.2, 0.25) is 0 Å². The number of piperidine rings is 1. The lowest BCUT2D eigenvalue weighted by molar-refractivity contribution is 0.108. The monoisotopic (exact) mass is 240 g/mol. The molecule has 0 aromatic heterocycles. The van der Waals surface area contributed by atoms with E-state index in [0.29, 0.717) is 6.04 Å². The molecule has 0 aliphatic carbocycles. The van der Waals surface area contributed by atoms with Crippen molar-refractivity contribution in [3.63, 3.8) is 0 Å². The molecule has 1 saturated heterocycles. The van der Waals surface area contributed by atoms with Crippen LogP contribution >= 0.6 is 0 Å². The highest BCUT2D eigenvalue weighted by molar-refractivity contribution is 4.84. The van der Waals surface area contributed by atoms with Crippen molar-refractivity contribution in [3.8, 4) is 0 Å². The third kappa shape index (κ3) is 5.39. The van der Waals surface area contributed by atoms with E-state index in [1.165, 1.54) is 38.9 Å². The zero-order valence-corrected chi connectivity index (χ0v) is 12.5. The van der Waals surface area contributed by atoms with Crippen molar-refractivity contribution in [2.75, 3.05) is 19.6 Å². The van der Waals surface area contributed by atoms with Crippen molar-refractivity contribution in [2.45, 2.75) is 66.0 Å². The number of nitrogens with zero attached hydrogens (tertiary/aromatic N) is 1. The Morgan fingerprint density at radius 2 is 1.94 bits per heavy atom. The largest absolute Gasteiger partial charge is 0.313 e. The predicted molar refractivity (Wildman–Crippen MR) is 76.4 cm³/mol. The number of hydrogen-bond acceptors (Lipinski definition) is 2. The molecule has 0 aromatic carbocycles. The van der Waals surface area contributed by atoms with E-state index < -0.39 is 0 Å². The summed E-state index contributed by atoms with van der Waals surface area (Å²) in [6.07, 6.45) is 3.92. The third-order valence-electron chi connectivity index (χ3n) is 4.06. The van der Waals surface area contributed by atoms with E-state index in [0.717, 1.165) is 17.9 Å². The first-order valence-corrected chi connectivity index (χ1v) is 7.50. The van der Waals surface area contributed by atoms with Gasteiger partial charge in [-0.05, 0) is 44.6 Å². The normalized spacial score (nSPS) is 28.6. The second-order valence-corrected chi connectivity index (χ2v) is 6.39. The first-order chi connectivity index (χ1) is 8.02. The summed E-state index contributed by atoms with van der Waals surface area (Å²) in [6, 6.07) is 1.46. The highest BCUT2D eigenvalue weighted by atomic mass is 15.2. The topological polar surface area (TPSA) is 15.3 Å². The van der Waals surface area contributed by atoms with Crippen LogP contribution < -0.4 is 5.32 Å². The lowest BCUT2D eigenvalue weighted by atomic mass is 9.94. The van der Waals surface area contributed by atoms with Crippen LogP contribution in [0.1, 0.15) is 53.9 Å². The van der Waals surface area contributed by atoms with Gasteiger partial charge in [-0.2, -0.15) is 0 Å². The maximum atomic E-state index is 3.75. The molecule has 0 bridgehead atoms. The first-order valence-electron chi connectivity index (χ1n) is 7.50. The van der Waals surface area contributed by atoms with E-state index in [4.69, 9.17) is 0 Å². The van der Waals surface area contributed by atoms with Gasteiger partial charge in [-0.1, -0.05) is 27.7 Å². The van der Waals surface area contributed by atoms with Crippen LogP contribution in [0.25, 0.3) is 0 Å². The summed E-state index contributed by atoms with van der Waals surface area (Å²) >= 11 is 0. The number of likely N-dealkylation sites (tertiary alicyclic amines) is 1. The van der Waals surface area contributed by atoms with Gasteiger partial charge in [0, 0.05) is 25.2 Å². The fraction of sp³-hybridized carbons (Fsp3) is 1.00. The van der Waals surface area contributed by atoms with Gasteiger partial charge in [0.1, 0.15) is 0 Å². The summed E-state index contributed by atoms with van der Waals surface area (Å²) in [5.74, 6) is 1.66. The molecule has 1 aliphatic rings. The average Bonchev–Trinajstić information content (AvgIpc) is 2.26. The molecule has 3 unspecified atom stereocenters. The molecule has 0 saturated carbocycles. The van der Waals surface area contributed by atoms with Gasteiger partial charge >= 0.3 is 0 Å². The molecule has 1 N–H and O–H groups in total. The standard InChI is InChI=1S/C15H32N2/c1-6-14(5)17-10-13(4)9-15(11-17)16-8-7-12(2)3/h12-16H,6-11H2,1-5H3. The van der Waals surface area contributed by atoms with Gasteiger partial charge in [-0.25, -0.2) is 0 Å². The molecule has 0 spiro atoms. The van der Waals surface area contributed by atoms with Crippen molar-refractivity contribution in [1.29, 1.82) is 0 Å².